The van der Waals surface area contributed by atoms with Crippen molar-refractivity contribution < 1.29 is 13.9 Å². The molecule has 9 heteroatoms. The zero-order valence-corrected chi connectivity index (χ0v) is 16.4. The third kappa shape index (κ3) is 3.59. The standard InChI is InChI=1S/C20H27F2N5O2/c21-20(22)6-4-12(5-7-20)27-17-15(11-23-27)18(28)25-16(24-17)13-10-14(13)19(29)26-8-2-1-3-9-26/h11-14,19,29H,1-10H2,(H,24,25,28)/t13-,14-,19?/m0/s1. The Morgan fingerprint density at radius 2 is 1.93 bits per heavy atom. The number of aromatic nitrogens is 4. The smallest absolute Gasteiger partial charge is 0.262 e. The van der Waals surface area contributed by atoms with Gasteiger partial charge in [0.15, 0.2) is 5.65 Å². The third-order valence-electron chi connectivity index (χ3n) is 6.85. The lowest BCUT2D eigenvalue weighted by atomic mass is 9.92. The van der Waals surface area contributed by atoms with Crippen LogP contribution in [0.1, 0.15) is 69.2 Å². The third-order valence-corrected chi connectivity index (χ3v) is 6.85. The van der Waals surface area contributed by atoms with Crippen LogP contribution < -0.4 is 5.56 Å². The van der Waals surface area contributed by atoms with Gasteiger partial charge in [-0.25, -0.2) is 18.4 Å². The van der Waals surface area contributed by atoms with Gasteiger partial charge in [0.05, 0.1) is 12.2 Å². The Kier molecular flexibility index (Phi) is 4.70. The first kappa shape index (κ1) is 19.1. The number of piperidine rings is 1. The van der Waals surface area contributed by atoms with Gasteiger partial charge in [0.1, 0.15) is 17.4 Å². The van der Waals surface area contributed by atoms with Crippen molar-refractivity contribution in [3.8, 4) is 0 Å². The van der Waals surface area contributed by atoms with Crippen LogP contribution in [0.5, 0.6) is 0 Å². The maximum absolute atomic E-state index is 13.5. The number of rotatable bonds is 4. The number of fused-ring (bicyclic) bond motifs is 1. The molecule has 1 saturated heterocycles. The topological polar surface area (TPSA) is 87.0 Å². The highest BCUT2D eigenvalue weighted by molar-refractivity contribution is 5.73. The minimum Gasteiger partial charge on any atom is -0.378 e. The van der Waals surface area contributed by atoms with Gasteiger partial charge in [-0.05, 0) is 32.1 Å². The van der Waals surface area contributed by atoms with Crippen molar-refractivity contribution in [1.82, 2.24) is 24.6 Å². The summed E-state index contributed by atoms with van der Waals surface area (Å²) < 4.78 is 28.7. The molecule has 7 nitrogen and oxygen atoms in total. The van der Waals surface area contributed by atoms with Crippen molar-refractivity contribution in [2.24, 2.45) is 5.92 Å². The molecule has 0 radical (unpaired) electrons. The number of aromatic amines is 1. The van der Waals surface area contributed by atoms with Crippen LogP contribution in [0.3, 0.4) is 0 Å². The molecule has 2 aromatic heterocycles. The maximum Gasteiger partial charge on any atom is 0.262 e. The minimum absolute atomic E-state index is 0.0167. The van der Waals surface area contributed by atoms with E-state index in [4.69, 9.17) is 0 Å². The number of likely N-dealkylation sites (tertiary alicyclic amines) is 1. The van der Waals surface area contributed by atoms with E-state index in [2.05, 4.69) is 20.0 Å². The number of H-pyrrole nitrogens is 1. The summed E-state index contributed by atoms with van der Waals surface area (Å²) in [5.41, 5.74) is 0.215. The van der Waals surface area contributed by atoms with Crippen molar-refractivity contribution in [3.05, 3.63) is 22.4 Å². The summed E-state index contributed by atoms with van der Waals surface area (Å²) in [6.45, 7) is 1.82. The number of hydrogen-bond donors (Lipinski definition) is 2. The number of nitrogens with one attached hydrogen (secondary N) is 1. The lowest BCUT2D eigenvalue weighted by molar-refractivity contribution is -0.0446. The van der Waals surface area contributed by atoms with Gasteiger partial charge in [0.25, 0.3) is 5.56 Å². The number of aliphatic hydroxyl groups excluding tert-OH is 1. The van der Waals surface area contributed by atoms with Crippen molar-refractivity contribution in [3.63, 3.8) is 0 Å². The Labute approximate surface area is 167 Å². The largest absolute Gasteiger partial charge is 0.378 e. The van der Waals surface area contributed by atoms with E-state index in [-0.39, 0.29) is 36.3 Å². The molecule has 1 unspecified atom stereocenters. The summed E-state index contributed by atoms with van der Waals surface area (Å²) >= 11 is 0. The maximum atomic E-state index is 13.5. The van der Waals surface area contributed by atoms with Gasteiger partial charge in [0, 0.05) is 37.8 Å². The van der Waals surface area contributed by atoms with Gasteiger partial charge < -0.3 is 10.1 Å². The molecular weight excluding hydrogens is 380 g/mol. The molecular formula is C20H27F2N5O2. The van der Waals surface area contributed by atoms with Crippen molar-refractivity contribution in [2.45, 2.75) is 75.5 Å². The average molecular weight is 407 g/mol. The minimum atomic E-state index is -2.61. The van der Waals surface area contributed by atoms with E-state index in [1.54, 1.807) is 4.68 Å². The van der Waals surface area contributed by atoms with Crippen LogP contribution >= 0.6 is 0 Å². The van der Waals surface area contributed by atoms with Crippen molar-refractivity contribution in [2.75, 3.05) is 13.1 Å². The summed E-state index contributed by atoms with van der Waals surface area (Å²) in [6, 6.07) is -0.164. The molecule has 0 aromatic carbocycles. The van der Waals surface area contributed by atoms with E-state index in [9.17, 15) is 18.7 Å². The highest BCUT2D eigenvalue weighted by atomic mass is 19.3. The number of hydrogen-bond acceptors (Lipinski definition) is 5. The molecule has 1 aliphatic heterocycles. The Morgan fingerprint density at radius 1 is 1.21 bits per heavy atom. The molecule has 5 rings (SSSR count). The fraction of sp³-hybridized carbons (Fsp3) is 0.750. The fourth-order valence-corrected chi connectivity index (χ4v) is 4.98. The van der Waals surface area contributed by atoms with Gasteiger partial charge in [-0.3, -0.25) is 9.69 Å². The van der Waals surface area contributed by atoms with Gasteiger partial charge in [-0.2, -0.15) is 5.10 Å². The molecule has 158 valence electrons. The molecule has 29 heavy (non-hydrogen) atoms. The number of aliphatic hydroxyl groups is 1. The van der Waals surface area contributed by atoms with Gasteiger partial charge in [-0.1, -0.05) is 6.42 Å². The SMILES string of the molecule is O=c1[nH]c([C@H]2C[C@@H]2C(O)N2CCCCC2)nc2c1cnn2C1CCC(F)(F)CC1. The molecule has 0 amide bonds. The number of alkyl halides is 2. The summed E-state index contributed by atoms with van der Waals surface area (Å²) in [6.07, 6.45) is 5.50. The Hall–Kier alpha value is -1.87. The predicted octanol–water partition coefficient (Wildman–Crippen LogP) is 2.78. The van der Waals surface area contributed by atoms with Gasteiger partial charge in [-0.15, -0.1) is 0 Å². The second-order valence-electron chi connectivity index (χ2n) is 8.88. The lowest BCUT2D eigenvalue weighted by Crippen LogP contribution is -2.40. The average Bonchev–Trinajstić information content (AvgIpc) is 3.40. The van der Waals surface area contributed by atoms with E-state index in [1.165, 1.54) is 12.6 Å². The molecule has 0 bridgehead atoms. The molecule has 2 aliphatic carbocycles. The van der Waals surface area contributed by atoms with E-state index >= 15 is 0 Å². The first-order chi connectivity index (χ1) is 13.9. The first-order valence-corrected chi connectivity index (χ1v) is 10.7. The van der Waals surface area contributed by atoms with Crippen LogP contribution in [-0.4, -0.2) is 55.0 Å². The monoisotopic (exact) mass is 407 g/mol. The lowest BCUT2D eigenvalue weighted by Gasteiger charge is -2.31. The molecule has 3 atom stereocenters. The molecule has 2 N–H and O–H groups in total. The fourth-order valence-electron chi connectivity index (χ4n) is 4.98. The van der Waals surface area contributed by atoms with Gasteiger partial charge in [0.2, 0.25) is 5.92 Å². The number of halogens is 2. The molecule has 3 heterocycles. The first-order valence-electron chi connectivity index (χ1n) is 10.7. The molecule has 3 aliphatic rings. The predicted molar refractivity (Wildman–Crippen MR) is 103 cm³/mol. The zero-order valence-electron chi connectivity index (χ0n) is 16.4. The van der Waals surface area contributed by atoms with Crippen molar-refractivity contribution >= 4 is 11.0 Å². The van der Waals surface area contributed by atoms with Crippen molar-refractivity contribution in [1.29, 1.82) is 0 Å². The summed E-state index contributed by atoms with van der Waals surface area (Å²) in [5.74, 6) is -1.95. The van der Waals surface area contributed by atoms with Crippen LogP contribution in [0.25, 0.3) is 11.0 Å². The quantitative estimate of drug-likeness (QED) is 0.814. The van der Waals surface area contributed by atoms with Crippen LogP contribution in [0.4, 0.5) is 8.78 Å². The molecule has 2 saturated carbocycles. The van der Waals surface area contributed by atoms with E-state index in [0.717, 1.165) is 32.4 Å². The van der Waals surface area contributed by atoms with E-state index < -0.39 is 12.2 Å². The normalized spacial score (nSPS) is 29.2. The molecule has 2 aromatic rings. The summed E-state index contributed by atoms with van der Waals surface area (Å²) in [4.78, 5) is 22.2. The Balaban J connectivity index is 1.38. The van der Waals surface area contributed by atoms with E-state index in [0.29, 0.717) is 29.7 Å². The van der Waals surface area contributed by atoms with Crippen LogP contribution in [0.2, 0.25) is 0 Å². The highest BCUT2D eigenvalue weighted by Crippen LogP contribution is 2.49. The molecule has 3 fully saturated rings. The Bertz CT molecular complexity index is 942. The highest BCUT2D eigenvalue weighted by Gasteiger charge is 2.47. The Morgan fingerprint density at radius 3 is 2.66 bits per heavy atom. The van der Waals surface area contributed by atoms with Gasteiger partial charge >= 0.3 is 0 Å². The summed E-state index contributed by atoms with van der Waals surface area (Å²) in [7, 11) is 0. The molecule has 0 spiro atoms. The van der Waals surface area contributed by atoms with Crippen LogP contribution in [0.15, 0.2) is 11.0 Å². The second-order valence-corrected chi connectivity index (χ2v) is 8.88. The van der Waals surface area contributed by atoms with Crippen LogP contribution in [-0.2, 0) is 0 Å². The zero-order chi connectivity index (χ0) is 20.2. The summed E-state index contributed by atoms with van der Waals surface area (Å²) in [5, 5.41) is 15.4. The van der Waals surface area contributed by atoms with E-state index in [1.807, 2.05) is 0 Å². The second kappa shape index (κ2) is 7.12. The number of nitrogens with zero attached hydrogens (tertiary/aromatic N) is 4. The van der Waals surface area contributed by atoms with Crippen LogP contribution in [0, 0.1) is 5.92 Å².